The van der Waals surface area contributed by atoms with Gasteiger partial charge in [-0.1, -0.05) is 96.7 Å². The average Bonchev–Trinajstić information content (AvgIpc) is 3.07. The molecule has 0 aliphatic heterocycles. The van der Waals surface area contributed by atoms with Crippen LogP contribution < -0.4 is 14.4 Å². The van der Waals surface area contributed by atoms with Crippen molar-refractivity contribution in [3.63, 3.8) is 0 Å². The highest BCUT2D eigenvalue weighted by molar-refractivity contribution is 7.92. The fourth-order valence-corrected chi connectivity index (χ4v) is 6.73. The Balaban J connectivity index is 1.82. The first kappa shape index (κ1) is 35.8. The zero-order chi connectivity index (χ0) is 34.0. The normalized spacial score (nSPS) is 11.9. The van der Waals surface area contributed by atoms with Crippen LogP contribution in [-0.4, -0.2) is 51.4 Å². The summed E-state index contributed by atoms with van der Waals surface area (Å²) in [5.74, 6) is -0.330. The molecule has 0 unspecified atom stereocenters. The van der Waals surface area contributed by atoms with Gasteiger partial charge < -0.3 is 15.0 Å². The maximum absolute atomic E-state index is 14.6. The second kappa shape index (κ2) is 16.7. The van der Waals surface area contributed by atoms with Crippen molar-refractivity contribution in [3.05, 3.63) is 124 Å². The summed E-state index contributed by atoms with van der Waals surface area (Å²) in [6.07, 6.45) is 1.87. The van der Waals surface area contributed by atoms with Gasteiger partial charge in [0.25, 0.3) is 10.0 Å². The molecule has 0 spiro atoms. The number of nitrogens with zero attached hydrogens (tertiary/aromatic N) is 2. The van der Waals surface area contributed by atoms with Crippen LogP contribution in [0.15, 0.2) is 102 Å². The lowest BCUT2D eigenvalue weighted by atomic mass is 10.0. The quantitative estimate of drug-likeness (QED) is 0.134. The fraction of sp³-hybridized carbons (Fsp3) is 0.278. The van der Waals surface area contributed by atoms with E-state index in [1.807, 2.05) is 50.2 Å². The van der Waals surface area contributed by atoms with Gasteiger partial charge in [0, 0.05) is 19.5 Å². The van der Waals surface area contributed by atoms with Gasteiger partial charge >= 0.3 is 0 Å². The first-order valence-corrected chi connectivity index (χ1v) is 17.5. The molecule has 0 heterocycles. The van der Waals surface area contributed by atoms with E-state index in [9.17, 15) is 18.0 Å². The number of hydrogen-bond acceptors (Lipinski definition) is 5. The topological polar surface area (TPSA) is 96.0 Å². The summed E-state index contributed by atoms with van der Waals surface area (Å²) in [4.78, 5) is 29.9. The molecule has 4 aromatic carbocycles. The Bertz CT molecular complexity index is 1770. The van der Waals surface area contributed by atoms with Gasteiger partial charge in [-0.15, -0.1) is 0 Å². The fourth-order valence-electron chi connectivity index (χ4n) is 5.03. The number of methoxy groups -OCH3 is 1. The first-order chi connectivity index (χ1) is 22.5. The van der Waals surface area contributed by atoms with Crippen molar-refractivity contribution in [3.8, 4) is 5.75 Å². The third kappa shape index (κ3) is 9.50. The van der Waals surface area contributed by atoms with Gasteiger partial charge in [-0.2, -0.15) is 0 Å². The van der Waals surface area contributed by atoms with E-state index in [1.165, 1.54) is 35.2 Å². The van der Waals surface area contributed by atoms with Crippen molar-refractivity contribution >= 4 is 50.7 Å². The van der Waals surface area contributed by atoms with Crippen LogP contribution in [0.3, 0.4) is 0 Å². The van der Waals surface area contributed by atoms with E-state index in [4.69, 9.17) is 27.9 Å². The van der Waals surface area contributed by atoms with Gasteiger partial charge in [0.2, 0.25) is 11.8 Å². The summed E-state index contributed by atoms with van der Waals surface area (Å²) in [7, 11) is -2.72. The van der Waals surface area contributed by atoms with E-state index in [0.717, 1.165) is 28.3 Å². The molecule has 11 heteroatoms. The van der Waals surface area contributed by atoms with E-state index in [2.05, 4.69) is 5.32 Å². The van der Waals surface area contributed by atoms with Gasteiger partial charge in [0.05, 0.1) is 27.7 Å². The Morgan fingerprint density at radius 1 is 0.872 bits per heavy atom. The Morgan fingerprint density at radius 2 is 1.57 bits per heavy atom. The van der Waals surface area contributed by atoms with Gasteiger partial charge in [-0.25, -0.2) is 8.42 Å². The van der Waals surface area contributed by atoms with Gasteiger partial charge in [-0.3, -0.25) is 13.9 Å². The Morgan fingerprint density at radius 3 is 2.23 bits per heavy atom. The van der Waals surface area contributed by atoms with Crippen LogP contribution >= 0.6 is 23.2 Å². The zero-order valence-corrected chi connectivity index (χ0v) is 29.0. The maximum atomic E-state index is 14.6. The molecule has 0 aliphatic rings. The lowest BCUT2D eigenvalue weighted by Crippen LogP contribution is -2.53. The number of benzene rings is 4. The van der Waals surface area contributed by atoms with E-state index < -0.39 is 28.5 Å². The summed E-state index contributed by atoms with van der Waals surface area (Å²) in [5, 5.41) is 3.35. The number of sulfonamides is 1. The van der Waals surface area contributed by atoms with Crippen molar-refractivity contribution in [2.45, 2.75) is 50.6 Å². The molecule has 8 nitrogen and oxygen atoms in total. The van der Waals surface area contributed by atoms with Crippen molar-refractivity contribution in [1.29, 1.82) is 0 Å². The van der Waals surface area contributed by atoms with Crippen molar-refractivity contribution in [1.82, 2.24) is 10.2 Å². The molecule has 4 aromatic rings. The number of amides is 2. The first-order valence-electron chi connectivity index (χ1n) is 15.3. The second-order valence-electron chi connectivity index (χ2n) is 11.1. The Kier molecular flexibility index (Phi) is 12.7. The molecule has 0 bridgehead atoms. The molecule has 0 fully saturated rings. The van der Waals surface area contributed by atoms with Crippen molar-refractivity contribution in [2.75, 3.05) is 24.5 Å². The average molecular weight is 697 g/mol. The van der Waals surface area contributed by atoms with Crippen LogP contribution in [0.2, 0.25) is 10.0 Å². The minimum atomic E-state index is -4.27. The number of aryl methyl sites for hydroxylation is 1. The number of hydrogen-bond donors (Lipinski definition) is 1. The molecule has 4 rings (SSSR count). The largest absolute Gasteiger partial charge is 0.497 e. The van der Waals surface area contributed by atoms with Gasteiger partial charge in [-0.05, 0) is 66.9 Å². The third-order valence-corrected chi connectivity index (χ3v) is 10.2. The lowest BCUT2D eigenvalue weighted by Gasteiger charge is -2.34. The van der Waals surface area contributed by atoms with Crippen LogP contribution in [0.4, 0.5) is 5.69 Å². The van der Waals surface area contributed by atoms with Gasteiger partial charge in [0.1, 0.15) is 18.3 Å². The zero-order valence-electron chi connectivity index (χ0n) is 26.7. The highest BCUT2D eigenvalue weighted by Crippen LogP contribution is 2.31. The molecule has 2 amide bonds. The van der Waals surface area contributed by atoms with Crippen LogP contribution in [-0.2, 0) is 32.6 Å². The highest BCUT2D eigenvalue weighted by atomic mass is 35.5. The molecular formula is C36H39Cl2N3O5S. The smallest absolute Gasteiger partial charge is 0.264 e. The summed E-state index contributed by atoms with van der Waals surface area (Å²) >= 11 is 12.5. The standard InChI is InChI=1S/C36H39Cl2N3O5S/c1-4-5-20-39-36(43)34(22-27-10-7-6-8-11-27)40(24-28-12-9-13-30(21-28)46-3)35(42)25-41(29-16-19-32(37)33(38)23-29)47(44,45)31-17-14-26(2)15-18-31/h6-19,21,23,34H,4-5,20,22,24-25H2,1-3H3,(H,39,43)/t34-/m1/s1. The number of anilines is 1. The molecule has 0 saturated carbocycles. The molecule has 1 N–H and O–H groups in total. The van der Waals surface area contributed by atoms with E-state index in [1.54, 1.807) is 37.4 Å². The van der Waals surface area contributed by atoms with E-state index in [0.29, 0.717) is 17.9 Å². The lowest BCUT2D eigenvalue weighted by molar-refractivity contribution is -0.140. The number of halogens is 2. The summed E-state index contributed by atoms with van der Waals surface area (Å²) in [6, 6.07) is 26.4. The number of rotatable bonds is 15. The van der Waals surface area contributed by atoms with Crippen molar-refractivity contribution < 1.29 is 22.7 Å². The summed E-state index contributed by atoms with van der Waals surface area (Å²) in [6.45, 7) is 3.74. The molecule has 1 atom stereocenters. The number of nitrogens with one attached hydrogen (secondary N) is 1. The summed E-state index contributed by atoms with van der Waals surface area (Å²) < 4.78 is 34.8. The predicted octanol–water partition coefficient (Wildman–Crippen LogP) is 7.06. The monoisotopic (exact) mass is 695 g/mol. The molecule has 0 aromatic heterocycles. The van der Waals surface area contributed by atoms with Crippen LogP contribution in [0.5, 0.6) is 5.75 Å². The molecule has 0 radical (unpaired) electrons. The minimum Gasteiger partial charge on any atom is -0.497 e. The van der Waals surface area contributed by atoms with E-state index >= 15 is 0 Å². The highest BCUT2D eigenvalue weighted by Gasteiger charge is 2.34. The van der Waals surface area contributed by atoms with Crippen molar-refractivity contribution in [2.24, 2.45) is 0 Å². The molecule has 248 valence electrons. The number of ether oxygens (including phenoxy) is 1. The molecular weight excluding hydrogens is 657 g/mol. The van der Waals surface area contributed by atoms with Crippen LogP contribution in [0, 0.1) is 6.92 Å². The Hall–Kier alpha value is -4.05. The maximum Gasteiger partial charge on any atom is 0.264 e. The molecule has 47 heavy (non-hydrogen) atoms. The summed E-state index contributed by atoms with van der Waals surface area (Å²) in [5.41, 5.74) is 2.59. The van der Waals surface area contributed by atoms with E-state index in [-0.39, 0.29) is 39.5 Å². The third-order valence-electron chi connectivity index (χ3n) is 7.67. The van der Waals surface area contributed by atoms with Gasteiger partial charge in [0.15, 0.2) is 0 Å². The SMILES string of the molecule is CCCCNC(=O)[C@@H](Cc1ccccc1)N(Cc1cccc(OC)c1)C(=O)CN(c1ccc(Cl)c(Cl)c1)S(=O)(=O)c1ccc(C)cc1. The second-order valence-corrected chi connectivity index (χ2v) is 13.8. The number of unbranched alkanes of at least 4 members (excludes halogenated alkanes) is 1. The predicted molar refractivity (Wildman–Crippen MR) is 188 cm³/mol. The minimum absolute atomic E-state index is 0.000498. The molecule has 0 aliphatic carbocycles. The number of carbonyl (C=O) groups is 2. The Labute approximate surface area is 287 Å². The van der Waals surface area contributed by atoms with Crippen LogP contribution in [0.1, 0.15) is 36.5 Å². The number of carbonyl (C=O) groups excluding carboxylic acids is 2. The van der Waals surface area contributed by atoms with Crippen LogP contribution in [0.25, 0.3) is 0 Å². The molecule has 0 saturated heterocycles.